The van der Waals surface area contributed by atoms with Crippen LogP contribution < -0.4 is 5.32 Å². The van der Waals surface area contributed by atoms with Crippen molar-refractivity contribution in [2.75, 3.05) is 13.1 Å². The number of benzene rings is 1. The van der Waals surface area contributed by atoms with Crippen LogP contribution in [0.3, 0.4) is 0 Å². The summed E-state index contributed by atoms with van der Waals surface area (Å²) in [7, 11) is 0. The van der Waals surface area contributed by atoms with Crippen LogP contribution in [0.2, 0.25) is 0 Å². The van der Waals surface area contributed by atoms with Gasteiger partial charge in [-0.2, -0.15) is 0 Å². The highest BCUT2D eigenvalue weighted by Crippen LogP contribution is 2.16. The van der Waals surface area contributed by atoms with E-state index < -0.39 is 0 Å². The fourth-order valence-corrected chi connectivity index (χ4v) is 2.93. The second kappa shape index (κ2) is 6.79. The molecule has 2 heterocycles. The topological polar surface area (TPSA) is 45.5 Å². The van der Waals surface area contributed by atoms with Crippen LogP contribution in [0.15, 0.2) is 41.0 Å². The summed E-state index contributed by atoms with van der Waals surface area (Å²) >= 11 is 0. The molecule has 116 valence electrons. The van der Waals surface area contributed by atoms with E-state index in [0.29, 0.717) is 12.3 Å². The van der Waals surface area contributed by atoms with Gasteiger partial charge in [0.25, 0.3) is 5.91 Å². The Labute approximate surface area is 131 Å². The standard InChI is InChI=1S/C18H22N2O2/c1-14-8-11-22-17(14)18(21)19-12-15-6-2-3-7-16(15)13-20-9-4-5-10-20/h2-3,6-8,11H,4-5,9-10,12-13H2,1H3,(H,19,21). The Kier molecular flexibility index (Phi) is 4.59. The average molecular weight is 298 g/mol. The monoisotopic (exact) mass is 298 g/mol. The Morgan fingerprint density at radius 2 is 1.91 bits per heavy atom. The summed E-state index contributed by atoms with van der Waals surface area (Å²) in [5.74, 6) is 0.246. The molecule has 1 N–H and O–H groups in total. The minimum atomic E-state index is -0.154. The highest BCUT2D eigenvalue weighted by Gasteiger charge is 2.15. The molecule has 1 amide bonds. The molecule has 4 nitrogen and oxygen atoms in total. The highest BCUT2D eigenvalue weighted by atomic mass is 16.3. The molecule has 0 aliphatic carbocycles. The Hall–Kier alpha value is -2.07. The molecule has 1 aromatic carbocycles. The van der Waals surface area contributed by atoms with Crippen LogP contribution >= 0.6 is 0 Å². The molecule has 1 aromatic heterocycles. The van der Waals surface area contributed by atoms with Crippen molar-refractivity contribution in [3.05, 3.63) is 59.0 Å². The lowest BCUT2D eigenvalue weighted by Gasteiger charge is -2.17. The summed E-state index contributed by atoms with van der Waals surface area (Å²) in [4.78, 5) is 14.6. The molecular weight excluding hydrogens is 276 g/mol. The maximum atomic E-state index is 12.1. The van der Waals surface area contributed by atoms with Crippen molar-refractivity contribution in [1.29, 1.82) is 0 Å². The minimum absolute atomic E-state index is 0.154. The van der Waals surface area contributed by atoms with E-state index in [1.165, 1.54) is 37.1 Å². The Morgan fingerprint density at radius 1 is 1.18 bits per heavy atom. The van der Waals surface area contributed by atoms with Crippen molar-refractivity contribution in [2.45, 2.75) is 32.9 Å². The Morgan fingerprint density at radius 3 is 2.59 bits per heavy atom. The summed E-state index contributed by atoms with van der Waals surface area (Å²) in [6.07, 6.45) is 4.12. The van der Waals surface area contributed by atoms with E-state index >= 15 is 0 Å². The number of nitrogens with zero attached hydrogens (tertiary/aromatic N) is 1. The minimum Gasteiger partial charge on any atom is -0.459 e. The van der Waals surface area contributed by atoms with Crippen molar-refractivity contribution >= 4 is 5.91 Å². The number of likely N-dealkylation sites (tertiary alicyclic amines) is 1. The van der Waals surface area contributed by atoms with E-state index in [1.807, 2.05) is 13.0 Å². The van der Waals surface area contributed by atoms with Crippen LogP contribution in [0.25, 0.3) is 0 Å². The van der Waals surface area contributed by atoms with Crippen molar-refractivity contribution in [3.63, 3.8) is 0 Å². The lowest BCUT2D eigenvalue weighted by atomic mass is 10.1. The second-order valence-corrected chi connectivity index (χ2v) is 5.87. The van der Waals surface area contributed by atoms with Crippen molar-refractivity contribution in [2.24, 2.45) is 0 Å². The molecule has 1 aliphatic rings. The van der Waals surface area contributed by atoms with E-state index in [2.05, 4.69) is 28.4 Å². The first-order valence-corrected chi connectivity index (χ1v) is 7.85. The molecule has 2 aromatic rings. The number of carbonyl (C=O) groups is 1. The summed E-state index contributed by atoms with van der Waals surface area (Å²) in [6, 6.07) is 10.1. The zero-order chi connectivity index (χ0) is 15.4. The van der Waals surface area contributed by atoms with Crippen LogP contribution in [0, 0.1) is 6.92 Å². The van der Waals surface area contributed by atoms with Gasteiger partial charge in [0, 0.05) is 18.7 Å². The van der Waals surface area contributed by atoms with Crippen molar-refractivity contribution in [1.82, 2.24) is 10.2 Å². The van der Waals surface area contributed by atoms with Crippen LogP contribution in [0.4, 0.5) is 0 Å². The number of nitrogens with one attached hydrogen (secondary N) is 1. The number of aryl methyl sites for hydroxylation is 1. The Balaban J connectivity index is 1.64. The van der Waals surface area contributed by atoms with Gasteiger partial charge >= 0.3 is 0 Å². The normalized spacial score (nSPS) is 15.1. The third-order valence-electron chi connectivity index (χ3n) is 4.22. The first-order chi connectivity index (χ1) is 10.7. The highest BCUT2D eigenvalue weighted by molar-refractivity contribution is 5.92. The molecule has 0 radical (unpaired) electrons. The summed E-state index contributed by atoms with van der Waals surface area (Å²) in [6.45, 7) is 5.72. The van der Waals surface area contributed by atoms with Gasteiger partial charge in [0.05, 0.1) is 6.26 Å². The van der Waals surface area contributed by atoms with Gasteiger partial charge in [0.1, 0.15) is 0 Å². The third kappa shape index (κ3) is 3.39. The fraction of sp³-hybridized carbons (Fsp3) is 0.389. The van der Waals surface area contributed by atoms with Crippen LogP contribution in [0.5, 0.6) is 0 Å². The van der Waals surface area contributed by atoms with E-state index in [0.717, 1.165) is 12.1 Å². The average Bonchev–Trinajstić information content (AvgIpc) is 3.17. The van der Waals surface area contributed by atoms with E-state index in [-0.39, 0.29) is 5.91 Å². The molecule has 22 heavy (non-hydrogen) atoms. The molecule has 1 aliphatic heterocycles. The number of hydrogen-bond acceptors (Lipinski definition) is 3. The van der Waals surface area contributed by atoms with Gasteiger partial charge in [-0.05, 0) is 50.0 Å². The van der Waals surface area contributed by atoms with Gasteiger partial charge in [-0.3, -0.25) is 9.69 Å². The lowest BCUT2D eigenvalue weighted by molar-refractivity contribution is 0.0922. The van der Waals surface area contributed by atoms with Crippen molar-refractivity contribution in [3.8, 4) is 0 Å². The number of amides is 1. The lowest BCUT2D eigenvalue weighted by Crippen LogP contribution is -2.25. The molecule has 0 saturated carbocycles. The van der Waals surface area contributed by atoms with Gasteiger partial charge in [0.15, 0.2) is 5.76 Å². The quantitative estimate of drug-likeness (QED) is 0.922. The van der Waals surface area contributed by atoms with E-state index in [9.17, 15) is 4.79 Å². The molecule has 3 rings (SSSR count). The molecular formula is C18H22N2O2. The maximum Gasteiger partial charge on any atom is 0.287 e. The molecule has 4 heteroatoms. The smallest absolute Gasteiger partial charge is 0.287 e. The van der Waals surface area contributed by atoms with Gasteiger partial charge in [-0.25, -0.2) is 0 Å². The molecule has 1 fully saturated rings. The predicted molar refractivity (Wildman–Crippen MR) is 85.6 cm³/mol. The van der Waals surface area contributed by atoms with Gasteiger partial charge in [-0.1, -0.05) is 24.3 Å². The van der Waals surface area contributed by atoms with Crippen LogP contribution in [-0.2, 0) is 13.1 Å². The Bertz CT molecular complexity index is 642. The van der Waals surface area contributed by atoms with Crippen LogP contribution in [-0.4, -0.2) is 23.9 Å². The number of carbonyl (C=O) groups excluding carboxylic acids is 1. The van der Waals surface area contributed by atoms with Gasteiger partial charge in [-0.15, -0.1) is 0 Å². The SMILES string of the molecule is Cc1ccoc1C(=O)NCc1ccccc1CN1CCCC1. The fourth-order valence-electron chi connectivity index (χ4n) is 2.93. The first-order valence-electron chi connectivity index (χ1n) is 7.85. The van der Waals surface area contributed by atoms with E-state index in [4.69, 9.17) is 4.42 Å². The molecule has 0 atom stereocenters. The summed E-state index contributed by atoms with van der Waals surface area (Å²) in [5, 5.41) is 2.96. The summed E-state index contributed by atoms with van der Waals surface area (Å²) < 4.78 is 5.23. The molecule has 0 unspecified atom stereocenters. The molecule has 0 bridgehead atoms. The zero-order valence-corrected chi connectivity index (χ0v) is 13.0. The predicted octanol–water partition coefficient (Wildman–Crippen LogP) is 3.11. The zero-order valence-electron chi connectivity index (χ0n) is 13.0. The van der Waals surface area contributed by atoms with E-state index in [1.54, 1.807) is 12.3 Å². The maximum absolute atomic E-state index is 12.1. The first kappa shape index (κ1) is 14.9. The summed E-state index contributed by atoms with van der Waals surface area (Å²) in [5.41, 5.74) is 3.33. The van der Waals surface area contributed by atoms with Gasteiger partial charge < -0.3 is 9.73 Å². The molecule has 0 spiro atoms. The van der Waals surface area contributed by atoms with Crippen molar-refractivity contribution < 1.29 is 9.21 Å². The largest absolute Gasteiger partial charge is 0.459 e. The number of furan rings is 1. The van der Waals surface area contributed by atoms with Crippen LogP contribution in [0.1, 0.15) is 40.1 Å². The van der Waals surface area contributed by atoms with Gasteiger partial charge in [0.2, 0.25) is 0 Å². The number of rotatable bonds is 5. The second-order valence-electron chi connectivity index (χ2n) is 5.87. The number of hydrogen-bond donors (Lipinski definition) is 1. The third-order valence-corrected chi connectivity index (χ3v) is 4.22. The molecule has 1 saturated heterocycles.